The van der Waals surface area contributed by atoms with Crippen LogP contribution in [0.3, 0.4) is 0 Å². The Morgan fingerprint density at radius 3 is 2.28 bits per heavy atom. The molecule has 0 bridgehead atoms. The number of Topliss-reactive ketones (excluding diaryl/α,β-unsaturated/α-hetero) is 1. The molecule has 0 aromatic heterocycles. The van der Waals surface area contributed by atoms with Crippen LogP contribution in [0.15, 0.2) is 54.6 Å². The molecule has 0 N–H and O–H groups in total. The summed E-state index contributed by atoms with van der Waals surface area (Å²) in [5, 5.41) is 0. The first-order chi connectivity index (χ1) is 8.66. The molecule has 0 amide bonds. The van der Waals surface area contributed by atoms with E-state index >= 15 is 0 Å². The van der Waals surface area contributed by atoms with Gasteiger partial charge in [-0.1, -0.05) is 49.4 Å². The van der Waals surface area contributed by atoms with Crippen LogP contribution in [0, 0.1) is 9.49 Å². The first-order valence-corrected chi connectivity index (χ1v) is 7.08. The fourth-order valence-corrected chi connectivity index (χ4v) is 2.31. The lowest BCUT2D eigenvalue weighted by molar-refractivity contribution is 0.0929. The van der Waals surface area contributed by atoms with E-state index in [-0.39, 0.29) is 11.7 Å². The Kier molecular flexibility index (Phi) is 4.53. The first kappa shape index (κ1) is 13.3. The number of rotatable bonds is 4. The van der Waals surface area contributed by atoms with Crippen molar-refractivity contribution in [2.45, 2.75) is 13.3 Å². The Bertz CT molecular complexity index is 517. The molecule has 0 aliphatic heterocycles. The number of hydrogen-bond acceptors (Lipinski definition) is 1. The molecule has 0 heterocycles. The molecule has 18 heavy (non-hydrogen) atoms. The van der Waals surface area contributed by atoms with E-state index in [0.717, 1.165) is 12.0 Å². The molecule has 2 heteroatoms. The minimum Gasteiger partial charge on any atom is -0.294 e. The summed E-state index contributed by atoms with van der Waals surface area (Å²) in [7, 11) is 0. The van der Waals surface area contributed by atoms with Gasteiger partial charge in [-0.2, -0.15) is 0 Å². The van der Waals surface area contributed by atoms with Crippen molar-refractivity contribution in [3.63, 3.8) is 0 Å². The third-order valence-electron chi connectivity index (χ3n) is 2.96. The summed E-state index contributed by atoms with van der Waals surface area (Å²) < 4.78 is 1.22. The van der Waals surface area contributed by atoms with E-state index in [4.69, 9.17) is 0 Å². The van der Waals surface area contributed by atoms with Crippen molar-refractivity contribution in [3.8, 4) is 0 Å². The van der Waals surface area contributed by atoms with Crippen molar-refractivity contribution in [2.24, 2.45) is 5.92 Å². The zero-order chi connectivity index (χ0) is 13.0. The Labute approximate surface area is 121 Å². The highest BCUT2D eigenvalue weighted by Crippen LogP contribution is 2.15. The van der Waals surface area contributed by atoms with Gasteiger partial charge in [0.25, 0.3) is 0 Å². The predicted molar refractivity (Wildman–Crippen MR) is 82.8 cm³/mol. The molecule has 2 aromatic carbocycles. The van der Waals surface area contributed by atoms with Crippen LogP contribution in [0.2, 0.25) is 0 Å². The number of hydrogen-bond donors (Lipinski definition) is 0. The summed E-state index contributed by atoms with van der Waals surface area (Å²) in [6.45, 7) is 1.99. The standard InChI is InChI=1S/C16H15IO/c1-12(11-13-7-9-15(17)10-8-13)16(18)14-5-3-2-4-6-14/h2-10,12H,11H2,1H3. The van der Waals surface area contributed by atoms with E-state index in [0.29, 0.717) is 0 Å². The summed E-state index contributed by atoms with van der Waals surface area (Å²) in [5.41, 5.74) is 2.02. The summed E-state index contributed by atoms with van der Waals surface area (Å²) in [6.07, 6.45) is 0.796. The summed E-state index contributed by atoms with van der Waals surface area (Å²) >= 11 is 2.29. The van der Waals surface area contributed by atoms with Crippen molar-refractivity contribution in [3.05, 3.63) is 69.3 Å². The van der Waals surface area contributed by atoms with Gasteiger partial charge >= 0.3 is 0 Å². The minimum absolute atomic E-state index is 0.0208. The third kappa shape index (κ3) is 3.42. The maximum Gasteiger partial charge on any atom is 0.165 e. The Morgan fingerprint density at radius 1 is 1.06 bits per heavy atom. The van der Waals surface area contributed by atoms with Gasteiger partial charge in [0.2, 0.25) is 0 Å². The van der Waals surface area contributed by atoms with Crippen LogP contribution >= 0.6 is 22.6 Å². The number of halogens is 1. The van der Waals surface area contributed by atoms with Crippen LogP contribution in [-0.4, -0.2) is 5.78 Å². The fraction of sp³-hybridized carbons (Fsp3) is 0.188. The smallest absolute Gasteiger partial charge is 0.165 e. The molecule has 1 nitrogen and oxygen atoms in total. The molecule has 92 valence electrons. The average molecular weight is 350 g/mol. The minimum atomic E-state index is 0.0208. The van der Waals surface area contributed by atoms with Crippen LogP contribution in [0.5, 0.6) is 0 Å². The van der Waals surface area contributed by atoms with E-state index in [9.17, 15) is 4.79 Å². The number of ketones is 1. The van der Waals surface area contributed by atoms with E-state index in [1.807, 2.05) is 37.3 Å². The van der Waals surface area contributed by atoms with Crippen molar-refractivity contribution in [1.29, 1.82) is 0 Å². The molecular formula is C16H15IO. The van der Waals surface area contributed by atoms with E-state index in [1.165, 1.54) is 9.13 Å². The largest absolute Gasteiger partial charge is 0.294 e. The normalized spacial score (nSPS) is 12.1. The molecule has 0 saturated carbocycles. The predicted octanol–water partition coefficient (Wildman–Crippen LogP) is 4.35. The van der Waals surface area contributed by atoms with Crippen LogP contribution in [0.1, 0.15) is 22.8 Å². The molecule has 2 rings (SSSR count). The van der Waals surface area contributed by atoms with Crippen LogP contribution in [0.25, 0.3) is 0 Å². The quantitative estimate of drug-likeness (QED) is 0.592. The lowest BCUT2D eigenvalue weighted by Gasteiger charge is -2.10. The van der Waals surface area contributed by atoms with Gasteiger partial charge in [-0.3, -0.25) is 4.79 Å². The lowest BCUT2D eigenvalue weighted by Crippen LogP contribution is -2.13. The van der Waals surface area contributed by atoms with Gasteiger partial charge in [0.15, 0.2) is 5.78 Å². The van der Waals surface area contributed by atoms with Crippen molar-refractivity contribution < 1.29 is 4.79 Å². The van der Waals surface area contributed by atoms with Crippen molar-refractivity contribution in [1.82, 2.24) is 0 Å². The second kappa shape index (κ2) is 6.14. The summed E-state index contributed by atoms with van der Waals surface area (Å²) in [6, 6.07) is 17.9. The zero-order valence-corrected chi connectivity index (χ0v) is 12.4. The topological polar surface area (TPSA) is 17.1 Å². The molecule has 0 saturated heterocycles. The molecule has 0 spiro atoms. The second-order valence-electron chi connectivity index (χ2n) is 4.46. The van der Waals surface area contributed by atoms with Gasteiger partial charge in [0.1, 0.15) is 0 Å². The Morgan fingerprint density at radius 2 is 1.67 bits per heavy atom. The van der Waals surface area contributed by atoms with E-state index in [2.05, 4.69) is 46.9 Å². The van der Waals surface area contributed by atoms with Crippen molar-refractivity contribution >= 4 is 28.4 Å². The molecule has 1 atom stereocenters. The van der Waals surface area contributed by atoms with Gasteiger partial charge in [-0.15, -0.1) is 0 Å². The highest BCUT2D eigenvalue weighted by atomic mass is 127. The van der Waals surface area contributed by atoms with Gasteiger partial charge in [0.05, 0.1) is 0 Å². The van der Waals surface area contributed by atoms with Crippen LogP contribution < -0.4 is 0 Å². The molecule has 1 unspecified atom stereocenters. The third-order valence-corrected chi connectivity index (χ3v) is 3.68. The van der Waals surface area contributed by atoms with E-state index in [1.54, 1.807) is 0 Å². The summed E-state index contributed by atoms with van der Waals surface area (Å²) in [5.74, 6) is 0.238. The monoisotopic (exact) mass is 350 g/mol. The number of benzene rings is 2. The highest BCUT2D eigenvalue weighted by molar-refractivity contribution is 14.1. The molecule has 0 aliphatic rings. The highest BCUT2D eigenvalue weighted by Gasteiger charge is 2.15. The maximum absolute atomic E-state index is 12.2. The first-order valence-electron chi connectivity index (χ1n) is 6.00. The number of carbonyl (C=O) groups is 1. The zero-order valence-electron chi connectivity index (χ0n) is 10.3. The molecular weight excluding hydrogens is 335 g/mol. The van der Waals surface area contributed by atoms with Gasteiger partial charge in [-0.25, -0.2) is 0 Å². The van der Waals surface area contributed by atoms with Crippen LogP contribution in [-0.2, 0) is 6.42 Å². The Hall–Kier alpha value is -1.16. The maximum atomic E-state index is 12.2. The van der Waals surface area contributed by atoms with Gasteiger partial charge in [-0.05, 0) is 46.7 Å². The van der Waals surface area contributed by atoms with E-state index < -0.39 is 0 Å². The van der Waals surface area contributed by atoms with Crippen LogP contribution in [0.4, 0.5) is 0 Å². The summed E-state index contributed by atoms with van der Waals surface area (Å²) in [4.78, 5) is 12.2. The Balaban J connectivity index is 2.06. The lowest BCUT2D eigenvalue weighted by atomic mass is 9.93. The molecule has 0 radical (unpaired) electrons. The fourth-order valence-electron chi connectivity index (χ4n) is 1.95. The second-order valence-corrected chi connectivity index (χ2v) is 5.71. The van der Waals surface area contributed by atoms with Gasteiger partial charge in [0, 0.05) is 15.1 Å². The molecule has 0 aliphatic carbocycles. The number of carbonyl (C=O) groups excluding carboxylic acids is 1. The molecule has 2 aromatic rings. The van der Waals surface area contributed by atoms with Gasteiger partial charge < -0.3 is 0 Å². The SMILES string of the molecule is CC(Cc1ccc(I)cc1)C(=O)c1ccccc1. The average Bonchev–Trinajstić information content (AvgIpc) is 2.41. The van der Waals surface area contributed by atoms with Crippen molar-refractivity contribution in [2.75, 3.05) is 0 Å². The molecule has 0 fully saturated rings.